The number of aromatic nitrogens is 1. The highest BCUT2D eigenvalue weighted by Crippen LogP contribution is 2.10. The molecule has 1 heterocycles. The van der Waals surface area contributed by atoms with Crippen LogP contribution in [0.2, 0.25) is 0 Å². The predicted molar refractivity (Wildman–Crippen MR) is 78.0 cm³/mol. The summed E-state index contributed by atoms with van der Waals surface area (Å²) in [4.78, 5) is 15.8. The van der Waals surface area contributed by atoms with Crippen LogP contribution in [0.25, 0.3) is 0 Å². The highest BCUT2D eigenvalue weighted by Gasteiger charge is 2.08. The lowest BCUT2D eigenvalue weighted by molar-refractivity contribution is 0.0954. The van der Waals surface area contributed by atoms with Gasteiger partial charge in [0.2, 0.25) is 0 Å². The molecule has 1 aromatic rings. The number of carbonyl (C=O) groups is 1. The minimum atomic E-state index is -0.210. The fraction of sp³-hybridized carbons (Fsp3) is 0.533. The van der Waals surface area contributed by atoms with Crippen LogP contribution >= 0.6 is 0 Å². The topological polar surface area (TPSA) is 54.4 Å². The molecule has 104 valence electrons. The molecular weight excluding hydrogens is 238 g/mol. The Morgan fingerprint density at radius 2 is 1.89 bits per heavy atom. The summed E-state index contributed by atoms with van der Waals surface area (Å²) in [6.07, 6.45) is 5.00. The first-order valence-corrected chi connectivity index (χ1v) is 6.74. The number of hydrogen-bond donors (Lipinski definition) is 1. The molecule has 1 aromatic heterocycles. The molecule has 0 radical (unpaired) electrons. The lowest BCUT2D eigenvalue weighted by Crippen LogP contribution is -2.21. The van der Waals surface area contributed by atoms with Crippen LogP contribution < -0.4 is 5.43 Å². The van der Waals surface area contributed by atoms with Gasteiger partial charge in [-0.05, 0) is 36.8 Å². The molecule has 0 saturated heterocycles. The lowest BCUT2D eigenvalue weighted by atomic mass is 9.99. The highest BCUT2D eigenvalue weighted by molar-refractivity contribution is 5.95. The van der Waals surface area contributed by atoms with Crippen LogP contribution in [0.4, 0.5) is 0 Å². The van der Waals surface area contributed by atoms with Crippen LogP contribution in [0, 0.1) is 11.8 Å². The molecule has 1 N–H and O–H groups in total. The molecule has 0 aliphatic heterocycles. The molecule has 0 aliphatic rings. The van der Waals surface area contributed by atoms with Gasteiger partial charge in [-0.25, -0.2) is 5.43 Å². The zero-order valence-electron chi connectivity index (χ0n) is 12.2. The summed E-state index contributed by atoms with van der Waals surface area (Å²) in [5.41, 5.74) is 4.19. The van der Waals surface area contributed by atoms with Crippen LogP contribution in [-0.2, 0) is 0 Å². The van der Waals surface area contributed by atoms with Crippen molar-refractivity contribution >= 4 is 11.6 Å². The van der Waals surface area contributed by atoms with Crippen LogP contribution in [0.1, 0.15) is 50.9 Å². The van der Waals surface area contributed by atoms with Crippen molar-refractivity contribution in [1.29, 1.82) is 0 Å². The van der Waals surface area contributed by atoms with Gasteiger partial charge in [0.15, 0.2) is 0 Å². The minimum absolute atomic E-state index is 0.210. The van der Waals surface area contributed by atoms with E-state index in [-0.39, 0.29) is 5.91 Å². The maximum absolute atomic E-state index is 11.9. The minimum Gasteiger partial charge on any atom is -0.267 e. The van der Waals surface area contributed by atoms with E-state index in [2.05, 4.69) is 43.2 Å². The molecule has 0 aromatic carbocycles. The molecule has 0 unspecified atom stereocenters. The quantitative estimate of drug-likeness (QED) is 0.631. The van der Waals surface area contributed by atoms with Gasteiger partial charge in [0.05, 0.1) is 5.56 Å². The standard InChI is InChI=1S/C15H23N3O/c1-11(2)8-14(9-12(3)4)17-18-15(19)13-6-5-7-16-10-13/h5-7,10-12H,8-9H2,1-4H3,(H,18,19). The third kappa shape index (κ3) is 6.13. The van der Waals surface area contributed by atoms with Crippen molar-refractivity contribution in [2.75, 3.05) is 0 Å². The number of hydrogen-bond acceptors (Lipinski definition) is 3. The van der Waals surface area contributed by atoms with Gasteiger partial charge in [-0.15, -0.1) is 0 Å². The Labute approximate surface area is 115 Å². The van der Waals surface area contributed by atoms with E-state index < -0.39 is 0 Å². The van der Waals surface area contributed by atoms with E-state index in [9.17, 15) is 4.79 Å². The molecule has 4 heteroatoms. The monoisotopic (exact) mass is 261 g/mol. The normalized spacial score (nSPS) is 10.6. The SMILES string of the molecule is CC(C)CC(CC(C)C)=NNC(=O)c1cccnc1. The van der Waals surface area contributed by atoms with Crippen molar-refractivity contribution in [2.45, 2.75) is 40.5 Å². The highest BCUT2D eigenvalue weighted by atomic mass is 16.2. The molecule has 0 atom stereocenters. The Hall–Kier alpha value is -1.71. The number of nitrogens with zero attached hydrogens (tertiary/aromatic N) is 2. The molecule has 0 bridgehead atoms. The zero-order valence-corrected chi connectivity index (χ0v) is 12.2. The Morgan fingerprint density at radius 1 is 1.26 bits per heavy atom. The molecule has 0 saturated carbocycles. The predicted octanol–water partition coefficient (Wildman–Crippen LogP) is 3.26. The summed E-state index contributed by atoms with van der Waals surface area (Å²) in [6.45, 7) is 8.61. The fourth-order valence-electron chi connectivity index (χ4n) is 1.81. The van der Waals surface area contributed by atoms with E-state index in [0.717, 1.165) is 18.6 Å². The molecule has 1 amide bonds. The summed E-state index contributed by atoms with van der Waals surface area (Å²) in [5, 5.41) is 4.27. The average molecular weight is 261 g/mol. The Bertz CT molecular complexity index is 412. The van der Waals surface area contributed by atoms with E-state index in [0.29, 0.717) is 17.4 Å². The van der Waals surface area contributed by atoms with Crippen LogP contribution in [-0.4, -0.2) is 16.6 Å². The molecule has 1 rings (SSSR count). The number of nitrogens with one attached hydrogen (secondary N) is 1. The second-order valence-corrected chi connectivity index (χ2v) is 5.56. The molecule has 0 spiro atoms. The van der Waals surface area contributed by atoms with Crippen molar-refractivity contribution in [3.8, 4) is 0 Å². The number of amides is 1. The largest absolute Gasteiger partial charge is 0.272 e. The maximum Gasteiger partial charge on any atom is 0.272 e. The van der Waals surface area contributed by atoms with E-state index in [1.54, 1.807) is 18.3 Å². The van der Waals surface area contributed by atoms with Crippen molar-refractivity contribution < 1.29 is 4.79 Å². The second kappa shape index (κ2) is 7.67. The van der Waals surface area contributed by atoms with Crippen LogP contribution in [0.15, 0.2) is 29.6 Å². The Morgan fingerprint density at radius 3 is 2.37 bits per heavy atom. The molecule has 0 aliphatic carbocycles. The van der Waals surface area contributed by atoms with Gasteiger partial charge in [0.1, 0.15) is 0 Å². The summed E-state index contributed by atoms with van der Waals surface area (Å²) >= 11 is 0. The smallest absolute Gasteiger partial charge is 0.267 e. The summed E-state index contributed by atoms with van der Waals surface area (Å²) < 4.78 is 0. The Balaban J connectivity index is 2.66. The van der Waals surface area contributed by atoms with Gasteiger partial charge in [0, 0.05) is 18.1 Å². The van der Waals surface area contributed by atoms with Crippen molar-refractivity contribution in [3.63, 3.8) is 0 Å². The van der Waals surface area contributed by atoms with Crippen LogP contribution in [0.3, 0.4) is 0 Å². The second-order valence-electron chi connectivity index (χ2n) is 5.56. The first kappa shape index (κ1) is 15.3. The number of hydrazone groups is 1. The van der Waals surface area contributed by atoms with Gasteiger partial charge < -0.3 is 0 Å². The van der Waals surface area contributed by atoms with E-state index in [1.807, 2.05) is 0 Å². The van der Waals surface area contributed by atoms with Crippen molar-refractivity contribution in [3.05, 3.63) is 30.1 Å². The van der Waals surface area contributed by atoms with Crippen LogP contribution in [0.5, 0.6) is 0 Å². The zero-order chi connectivity index (χ0) is 14.3. The number of pyridine rings is 1. The fourth-order valence-corrected chi connectivity index (χ4v) is 1.81. The average Bonchev–Trinajstić information content (AvgIpc) is 2.35. The molecule has 0 fully saturated rings. The van der Waals surface area contributed by atoms with Gasteiger partial charge >= 0.3 is 0 Å². The number of carbonyl (C=O) groups excluding carboxylic acids is 1. The van der Waals surface area contributed by atoms with E-state index in [1.165, 1.54) is 6.20 Å². The van der Waals surface area contributed by atoms with E-state index >= 15 is 0 Å². The molecular formula is C15H23N3O. The van der Waals surface area contributed by atoms with E-state index in [4.69, 9.17) is 0 Å². The number of rotatable bonds is 6. The van der Waals surface area contributed by atoms with Gasteiger partial charge in [-0.1, -0.05) is 27.7 Å². The first-order valence-electron chi connectivity index (χ1n) is 6.74. The van der Waals surface area contributed by atoms with Gasteiger partial charge in [0.25, 0.3) is 5.91 Å². The third-order valence-corrected chi connectivity index (χ3v) is 2.53. The van der Waals surface area contributed by atoms with Gasteiger partial charge in [-0.3, -0.25) is 9.78 Å². The summed E-state index contributed by atoms with van der Waals surface area (Å²) in [7, 11) is 0. The lowest BCUT2D eigenvalue weighted by Gasteiger charge is -2.11. The maximum atomic E-state index is 11.9. The first-order chi connectivity index (χ1) is 8.99. The molecule has 19 heavy (non-hydrogen) atoms. The summed E-state index contributed by atoms with van der Waals surface area (Å²) in [5.74, 6) is 0.860. The van der Waals surface area contributed by atoms with Gasteiger partial charge in [-0.2, -0.15) is 5.10 Å². The van der Waals surface area contributed by atoms with Crippen molar-refractivity contribution in [2.24, 2.45) is 16.9 Å². The third-order valence-electron chi connectivity index (χ3n) is 2.53. The Kier molecular flexibility index (Phi) is 6.19. The molecule has 4 nitrogen and oxygen atoms in total. The summed E-state index contributed by atoms with van der Waals surface area (Å²) in [6, 6.07) is 3.46. The van der Waals surface area contributed by atoms with Crippen molar-refractivity contribution in [1.82, 2.24) is 10.4 Å².